The maximum Gasteiger partial charge on any atom is 0.339 e. The summed E-state index contributed by atoms with van der Waals surface area (Å²) in [7, 11) is -3.89. The van der Waals surface area contributed by atoms with E-state index in [4.69, 9.17) is 4.18 Å². The van der Waals surface area contributed by atoms with Gasteiger partial charge in [-0.05, 0) is 42.8 Å². The quantitative estimate of drug-likeness (QED) is 0.502. The minimum Gasteiger partial charge on any atom is -0.378 e. The van der Waals surface area contributed by atoms with E-state index in [9.17, 15) is 8.42 Å². The van der Waals surface area contributed by atoms with Crippen LogP contribution in [0, 0.1) is 6.92 Å². The number of aryl methyl sites for hydroxylation is 1. The number of benzene rings is 3. The number of rotatable bonds is 5. The zero-order valence-electron chi connectivity index (χ0n) is 13.7. The fraction of sp³-hybridized carbons (Fsp3) is 0.0500. The lowest BCUT2D eigenvalue weighted by Gasteiger charge is -2.09. The van der Waals surface area contributed by atoms with Gasteiger partial charge in [0, 0.05) is 11.8 Å². The topological polar surface area (TPSA) is 55.7 Å². The Labute approximate surface area is 147 Å². The van der Waals surface area contributed by atoms with Crippen molar-refractivity contribution < 1.29 is 12.6 Å². The molecule has 4 nitrogen and oxygen atoms in total. The first-order chi connectivity index (χ1) is 12.1. The lowest BCUT2D eigenvalue weighted by Crippen LogP contribution is -2.10. The first-order valence-electron chi connectivity index (χ1n) is 7.74. The molecule has 0 bridgehead atoms. The predicted molar refractivity (Wildman–Crippen MR) is 99.1 cm³/mol. The Morgan fingerprint density at radius 1 is 0.840 bits per heavy atom. The molecule has 0 N–H and O–H groups in total. The Kier molecular flexibility index (Phi) is 4.95. The number of hydrogen-bond acceptors (Lipinski definition) is 4. The highest BCUT2D eigenvalue weighted by molar-refractivity contribution is 7.87. The number of hydrogen-bond donors (Lipinski definition) is 0. The minimum absolute atomic E-state index is 0.112. The number of aliphatic imine (C=N–C) groups is 1. The molecule has 0 unspecified atom stereocenters. The maximum atomic E-state index is 12.4. The summed E-state index contributed by atoms with van der Waals surface area (Å²) < 4.78 is 30.1. The second-order valence-electron chi connectivity index (χ2n) is 5.43. The van der Waals surface area contributed by atoms with Crippen molar-refractivity contribution in [2.75, 3.05) is 0 Å². The molecular formula is C20H17NO3S. The zero-order valence-corrected chi connectivity index (χ0v) is 14.5. The maximum absolute atomic E-state index is 12.4. The monoisotopic (exact) mass is 351 g/mol. The van der Waals surface area contributed by atoms with Crippen molar-refractivity contribution in [1.82, 2.24) is 0 Å². The van der Waals surface area contributed by atoms with E-state index in [0.717, 1.165) is 11.3 Å². The van der Waals surface area contributed by atoms with E-state index < -0.39 is 10.1 Å². The van der Waals surface area contributed by atoms with Crippen LogP contribution in [0.4, 0.5) is 5.69 Å². The highest BCUT2D eigenvalue weighted by Crippen LogP contribution is 2.23. The Morgan fingerprint density at radius 3 is 2.24 bits per heavy atom. The Balaban J connectivity index is 1.91. The molecule has 0 aliphatic carbocycles. The standard InChI is InChI=1S/C20H17NO3S/c1-16-9-5-7-13-19(16)21-15-17-10-6-8-14-20(17)24-25(22,23)18-11-3-2-4-12-18/h2-15H,1H3. The van der Waals surface area contributed by atoms with Crippen molar-refractivity contribution in [1.29, 1.82) is 0 Å². The molecule has 0 amide bonds. The van der Waals surface area contributed by atoms with Crippen molar-refractivity contribution in [2.45, 2.75) is 11.8 Å². The zero-order chi connectivity index (χ0) is 17.7. The minimum atomic E-state index is -3.89. The average molecular weight is 351 g/mol. The molecule has 0 radical (unpaired) electrons. The molecule has 0 aliphatic heterocycles. The van der Waals surface area contributed by atoms with Crippen LogP contribution in [0.2, 0.25) is 0 Å². The van der Waals surface area contributed by atoms with Crippen LogP contribution in [0.1, 0.15) is 11.1 Å². The Bertz CT molecular complexity index is 996. The van der Waals surface area contributed by atoms with Crippen LogP contribution < -0.4 is 4.18 Å². The van der Waals surface area contributed by atoms with Crippen molar-refractivity contribution in [3.63, 3.8) is 0 Å². The molecule has 0 atom stereocenters. The van der Waals surface area contributed by atoms with E-state index in [-0.39, 0.29) is 10.6 Å². The summed E-state index contributed by atoms with van der Waals surface area (Å²) in [5, 5.41) is 0. The lowest BCUT2D eigenvalue weighted by atomic mass is 10.2. The normalized spacial score (nSPS) is 11.6. The van der Waals surface area contributed by atoms with E-state index >= 15 is 0 Å². The van der Waals surface area contributed by atoms with Gasteiger partial charge in [0.05, 0.1) is 5.69 Å². The summed E-state index contributed by atoms with van der Waals surface area (Å²) in [6, 6.07) is 22.7. The molecule has 5 heteroatoms. The summed E-state index contributed by atoms with van der Waals surface area (Å²) in [6.45, 7) is 1.97. The van der Waals surface area contributed by atoms with E-state index in [0.29, 0.717) is 5.56 Å². The second kappa shape index (κ2) is 7.32. The van der Waals surface area contributed by atoms with Crippen LogP contribution in [0.5, 0.6) is 5.75 Å². The van der Waals surface area contributed by atoms with Gasteiger partial charge in [0.25, 0.3) is 0 Å². The van der Waals surface area contributed by atoms with E-state index in [1.165, 1.54) is 12.1 Å². The highest BCUT2D eigenvalue weighted by Gasteiger charge is 2.17. The molecule has 0 aliphatic rings. The molecule has 0 saturated carbocycles. The second-order valence-corrected chi connectivity index (χ2v) is 6.98. The molecule has 0 fully saturated rings. The fourth-order valence-corrected chi connectivity index (χ4v) is 3.24. The first kappa shape index (κ1) is 16.9. The van der Waals surface area contributed by atoms with Crippen LogP contribution in [0.3, 0.4) is 0 Å². The first-order valence-corrected chi connectivity index (χ1v) is 9.15. The molecule has 3 aromatic rings. The molecule has 126 valence electrons. The van der Waals surface area contributed by atoms with E-state index in [1.54, 1.807) is 48.7 Å². The van der Waals surface area contributed by atoms with Gasteiger partial charge in [0.2, 0.25) is 0 Å². The summed E-state index contributed by atoms with van der Waals surface area (Å²) in [5.74, 6) is 0.240. The molecule has 3 aromatic carbocycles. The van der Waals surface area contributed by atoms with Crippen molar-refractivity contribution in [3.8, 4) is 5.75 Å². The van der Waals surface area contributed by atoms with E-state index in [1.807, 2.05) is 31.2 Å². The van der Waals surface area contributed by atoms with Crippen molar-refractivity contribution in [3.05, 3.63) is 90.0 Å². The summed E-state index contributed by atoms with van der Waals surface area (Å²) in [6.07, 6.45) is 1.61. The largest absolute Gasteiger partial charge is 0.378 e. The van der Waals surface area contributed by atoms with E-state index in [2.05, 4.69) is 4.99 Å². The summed E-state index contributed by atoms with van der Waals surface area (Å²) in [4.78, 5) is 4.55. The molecular weight excluding hydrogens is 334 g/mol. The molecule has 3 rings (SSSR count). The molecule has 25 heavy (non-hydrogen) atoms. The van der Waals surface area contributed by atoms with Crippen LogP contribution in [-0.2, 0) is 10.1 Å². The number of nitrogens with zero attached hydrogens (tertiary/aromatic N) is 1. The number of para-hydroxylation sites is 2. The fourth-order valence-electron chi connectivity index (χ4n) is 2.26. The Hall–Kier alpha value is -2.92. The lowest BCUT2D eigenvalue weighted by molar-refractivity contribution is 0.485. The third-order valence-corrected chi connectivity index (χ3v) is 4.86. The van der Waals surface area contributed by atoms with Crippen molar-refractivity contribution in [2.24, 2.45) is 4.99 Å². The van der Waals surface area contributed by atoms with Crippen LogP contribution in [-0.4, -0.2) is 14.6 Å². The Morgan fingerprint density at radius 2 is 1.48 bits per heavy atom. The smallest absolute Gasteiger partial charge is 0.339 e. The summed E-state index contributed by atoms with van der Waals surface area (Å²) >= 11 is 0. The van der Waals surface area contributed by atoms with Gasteiger partial charge >= 0.3 is 10.1 Å². The van der Waals surface area contributed by atoms with Gasteiger partial charge in [-0.3, -0.25) is 4.99 Å². The third kappa shape index (κ3) is 4.14. The van der Waals surface area contributed by atoms with Gasteiger partial charge in [-0.1, -0.05) is 48.5 Å². The summed E-state index contributed by atoms with van der Waals surface area (Å²) in [5.41, 5.74) is 2.45. The van der Waals surface area contributed by atoms with Gasteiger partial charge in [-0.15, -0.1) is 0 Å². The predicted octanol–water partition coefficient (Wildman–Crippen LogP) is 4.51. The van der Waals surface area contributed by atoms with Crippen LogP contribution >= 0.6 is 0 Å². The van der Waals surface area contributed by atoms with Gasteiger partial charge in [-0.2, -0.15) is 8.42 Å². The molecule has 0 spiro atoms. The molecule has 0 aromatic heterocycles. The van der Waals surface area contributed by atoms with Crippen molar-refractivity contribution >= 4 is 22.0 Å². The molecule has 0 saturated heterocycles. The highest BCUT2D eigenvalue weighted by atomic mass is 32.2. The van der Waals surface area contributed by atoms with Gasteiger partial charge in [-0.25, -0.2) is 0 Å². The molecule has 0 heterocycles. The van der Waals surface area contributed by atoms with Crippen LogP contribution in [0.25, 0.3) is 0 Å². The van der Waals surface area contributed by atoms with Gasteiger partial charge < -0.3 is 4.18 Å². The third-order valence-electron chi connectivity index (χ3n) is 3.61. The van der Waals surface area contributed by atoms with Gasteiger partial charge in [0.1, 0.15) is 4.90 Å². The average Bonchev–Trinajstić information content (AvgIpc) is 2.63. The van der Waals surface area contributed by atoms with Crippen LogP contribution in [0.15, 0.2) is 88.8 Å². The van der Waals surface area contributed by atoms with Gasteiger partial charge in [0.15, 0.2) is 5.75 Å². The SMILES string of the molecule is Cc1ccccc1N=Cc1ccccc1OS(=O)(=O)c1ccccc1.